The molecule has 320 valence electrons. The quantitative estimate of drug-likeness (QED) is 0.162. The van der Waals surface area contributed by atoms with Gasteiger partial charge in [-0.2, -0.15) is 0 Å². The Labute approximate surface area is 393 Å². The maximum atomic E-state index is 6.80. The SMILES string of the molecule is CC1(C)c2ccccc2N(c2ccccc2)c2ccc(-c3ccc4c(c3)c3ccc5nc(-c6ccccc6)oc5c3n4-c3ccc(-c4ccc5c6ccccc6c6ccccc6c5c4)cc3)cc21. The van der Waals surface area contributed by atoms with Crippen LogP contribution in [0.2, 0.25) is 0 Å². The van der Waals surface area contributed by atoms with E-state index in [1.54, 1.807) is 0 Å². The minimum atomic E-state index is -0.219. The standard InChI is InChI=1S/C64H43N3O/c1-64(2)55-23-13-14-24-59(55)66(45-17-7-4-8-18-45)60-36-29-44(39-56(60)64)43-28-35-58-54(38-43)52-33-34-57-62(68-63(65-57)41-15-5-3-6-16-41)61(52)67(58)46-30-25-40(26-31-46)42-27-32-51-49-21-10-9-19-47(49)48-20-11-12-22-50(48)53(51)37-42/h3-39H,1-2H3. The third-order valence-corrected chi connectivity index (χ3v) is 14.6. The number of anilines is 3. The molecule has 1 aliphatic rings. The van der Waals surface area contributed by atoms with Gasteiger partial charge < -0.3 is 13.9 Å². The molecule has 0 saturated heterocycles. The lowest BCUT2D eigenvalue weighted by Crippen LogP contribution is -2.30. The van der Waals surface area contributed by atoms with E-state index in [0.717, 1.165) is 61.0 Å². The van der Waals surface area contributed by atoms with Crippen LogP contribution in [0.5, 0.6) is 0 Å². The fraction of sp³-hybridized carbons (Fsp3) is 0.0469. The lowest BCUT2D eigenvalue weighted by Gasteiger charge is -2.42. The molecule has 0 atom stereocenters. The number of nitrogens with zero attached hydrogens (tertiary/aromatic N) is 3. The van der Waals surface area contributed by atoms with Crippen molar-refractivity contribution in [3.8, 4) is 39.4 Å². The minimum Gasteiger partial charge on any atom is -0.434 e. The molecule has 68 heavy (non-hydrogen) atoms. The van der Waals surface area contributed by atoms with E-state index >= 15 is 0 Å². The van der Waals surface area contributed by atoms with Crippen LogP contribution in [-0.2, 0) is 5.41 Å². The van der Waals surface area contributed by atoms with Gasteiger partial charge in [-0.1, -0.05) is 153 Å². The number of oxazole rings is 1. The van der Waals surface area contributed by atoms with Gasteiger partial charge in [0.1, 0.15) is 5.52 Å². The zero-order valence-corrected chi connectivity index (χ0v) is 37.6. The molecule has 4 nitrogen and oxygen atoms in total. The van der Waals surface area contributed by atoms with E-state index in [9.17, 15) is 0 Å². The number of fused-ring (bicyclic) bond motifs is 13. The molecule has 0 spiro atoms. The van der Waals surface area contributed by atoms with Crippen LogP contribution in [0.3, 0.4) is 0 Å². The zero-order valence-electron chi connectivity index (χ0n) is 37.6. The van der Waals surface area contributed by atoms with Crippen LogP contribution >= 0.6 is 0 Å². The van der Waals surface area contributed by atoms with Crippen molar-refractivity contribution in [3.63, 3.8) is 0 Å². The van der Waals surface area contributed by atoms with E-state index in [0.29, 0.717) is 5.89 Å². The molecule has 0 aliphatic carbocycles. The summed E-state index contributed by atoms with van der Waals surface area (Å²) in [5.74, 6) is 0.611. The summed E-state index contributed by atoms with van der Waals surface area (Å²) in [6.07, 6.45) is 0. The normalized spacial score (nSPS) is 13.2. The summed E-state index contributed by atoms with van der Waals surface area (Å²) in [5, 5.41) is 9.93. The summed E-state index contributed by atoms with van der Waals surface area (Å²) in [6.45, 7) is 4.71. The topological polar surface area (TPSA) is 34.2 Å². The molecule has 0 N–H and O–H groups in total. The lowest BCUT2D eigenvalue weighted by molar-refractivity contribution is 0.621. The maximum Gasteiger partial charge on any atom is 0.227 e. The zero-order chi connectivity index (χ0) is 45.1. The number of para-hydroxylation sites is 2. The van der Waals surface area contributed by atoms with Crippen molar-refractivity contribution in [2.24, 2.45) is 0 Å². The Morgan fingerprint density at radius 2 is 0.926 bits per heavy atom. The molecule has 0 fully saturated rings. The van der Waals surface area contributed by atoms with Gasteiger partial charge in [0, 0.05) is 33.1 Å². The smallest absolute Gasteiger partial charge is 0.227 e. The molecular formula is C64H43N3O. The fourth-order valence-electron chi connectivity index (χ4n) is 11.3. The highest BCUT2D eigenvalue weighted by molar-refractivity contribution is 6.26. The second-order valence-corrected chi connectivity index (χ2v) is 18.7. The van der Waals surface area contributed by atoms with Gasteiger partial charge in [-0.25, -0.2) is 4.98 Å². The van der Waals surface area contributed by atoms with Crippen LogP contribution in [0.15, 0.2) is 229 Å². The molecule has 0 saturated carbocycles. The first-order valence-electron chi connectivity index (χ1n) is 23.4. The Balaban J connectivity index is 0.932. The van der Waals surface area contributed by atoms with Crippen molar-refractivity contribution in [1.29, 1.82) is 0 Å². The van der Waals surface area contributed by atoms with Crippen molar-refractivity contribution in [2.45, 2.75) is 19.3 Å². The van der Waals surface area contributed by atoms with Crippen molar-refractivity contribution in [3.05, 3.63) is 236 Å². The summed E-state index contributed by atoms with van der Waals surface area (Å²) < 4.78 is 9.16. The Hall–Kier alpha value is -8.73. The number of hydrogen-bond acceptors (Lipinski definition) is 3. The summed E-state index contributed by atoms with van der Waals surface area (Å²) >= 11 is 0. The Kier molecular flexibility index (Phi) is 8.29. The molecule has 1 aliphatic heterocycles. The molecule has 13 aromatic rings. The van der Waals surface area contributed by atoms with Gasteiger partial charge >= 0.3 is 0 Å². The number of benzene rings is 11. The van der Waals surface area contributed by atoms with Crippen molar-refractivity contribution in [1.82, 2.24) is 9.55 Å². The average Bonchev–Trinajstić information content (AvgIpc) is 3.99. The first-order valence-corrected chi connectivity index (χ1v) is 23.4. The Morgan fingerprint density at radius 3 is 1.68 bits per heavy atom. The molecule has 11 aromatic carbocycles. The van der Waals surface area contributed by atoms with Crippen LogP contribution < -0.4 is 4.90 Å². The van der Waals surface area contributed by atoms with Gasteiger partial charge in [0.2, 0.25) is 5.89 Å². The van der Waals surface area contributed by atoms with E-state index in [1.807, 2.05) is 18.2 Å². The molecule has 14 rings (SSSR count). The van der Waals surface area contributed by atoms with Crippen molar-refractivity contribution < 1.29 is 4.42 Å². The average molecular weight is 870 g/mol. The highest BCUT2D eigenvalue weighted by Gasteiger charge is 2.37. The molecule has 3 heterocycles. The highest BCUT2D eigenvalue weighted by atomic mass is 16.3. The number of rotatable bonds is 5. The summed E-state index contributed by atoms with van der Waals surface area (Å²) in [6, 6.07) is 81.5. The van der Waals surface area contributed by atoms with Gasteiger partial charge in [0.05, 0.1) is 22.4 Å². The van der Waals surface area contributed by atoms with E-state index in [1.165, 1.54) is 65.9 Å². The lowest BCUT2D eigenvalue weighted by atomic mass is 9.73. The van der Waals surface area contributed by atoms with Crippen LogP contribution in [0.25, 0.3) is 105 Å². The minimum absolute atomic E-state index is 0.219. The predicted molar refractivity (Wildman–Crippen MR) is 284 cm³/mol. The monoisotopic (exact) mass is 869 g/mol. The van der Waals surface area contributed by atoms with Gasteiger partial charge in [0.25, 0.3) is 0 Å². The van der Waals surface area contributed by atoms with E-state index in [4.69, 9.17) is 9.40 Å². The van der Waals surface area contributed by atoms with Gasteiger partial charge in [-0.05, 0) is 151 Å². The maximum absolute atomic E-state index is 6.80. The van der Waals surface area contributed by atoms with Crippen molar-refractivity contribution >= 4 is 82.3 Å². The predicted octanol–water partition coefficient (Wildman–Crippen LogP) is 17.5. The molecule has 2 aromatic heterocycles. The third-order valence-electron chi connectivity index (χ3n) is 14.6. The second kappa shape index (κ2) is 14.6. The van der Waals surface area contributed by atoms with Crippen LogP contribution in [0.4, 0.5) is 17.1 Å². The Morgan fingerprint density at radius 1 is 0.382 bits per heavy atom. The fourth-order valence-corrected chi connectivity index (χ4v) is 11.3. The molecule has 0 bridgehead atoms. The summed E-state index contributed by atoms with van der Waals surface area (Å²) in [5.41, 5.74) is 16.4. The van der Waals surface area contributed by atoms with Gasteiger partial charge in [-0.15, -0.1) is 0 Å². The molecule has 0 unspecified atom stereocenters. The first kappa shape index (κ1) is 38.5. The van der Waals surface area contributed by atoms with Gasteiger partial charge in [-0.3, -0.25) is 0 Å². The molecule has 4 heteroatoms. The van der Waals surface area contributed by atoms with Crippen molar-refractivity contribution in [2.75, 3.05) is 4.90 Å². The molecule has 0 amide bonds. The molecule has 0 radical (unpaired) electrons. The van der Waals surface area contributed by atoms with Crippen LogP contribution in [0, 0.1) is 0 Å². The summed E-state index contributed by atoms with van der Waals surface area (Å²) in [7, 11) is 0. The largest absolute Gasteiger partial charge is 0.434 e. The highest BCUT2D eigenvalue weighted by Crippen LogP contribution is 2.53. The van der Waals surface area contributed by atoms with Gasteiger partial charge in [0.15, 0.2) is 5.58 Å². The van der Waals surface area contributed by atoms with Crippen LogP contribution in [0.1, 0.15) is 25.0 Å². The summed E-state index contributed by atoms with van der Waals surface area (Å²) in [4.78, 5) is 7.45. The Bertz CT molecular complexity index is 4130. The molecular weight excluding hydrogens is 827 g/mol. The first-order chi connectivity index (χ1) is 33.5. The number of aromatic nitrogens is 2. The van der Waals surface area contributed by atoms with E-state index < -0.39 is 0 Å². The second-order valence-electron chi connectivity index (χ2n) is 18.7. The third kappa shape index (κ3) is 5.71. The van der Waals surface area contributed by atoms with E-state index in [-0.39, 0.29) is 5.41 Å². The van der Waals surface area contributed by atoms with E-state index in [2.05, 4.69) is 230 Å². The van der Waals surface area contributed by atoms with Crippen LogP contribution in [-0.4, -0.2) is 9.55 Å². The number of hydrogen-bond donors (Lipinski definition) is 0.